The summed E-state index contributed by atoms with van der Waals surface area (Å²) in [5, 5.41) is 11.0. The number of ether oxygens (including phenoxy) is 2. The number of hydrogen-bond acceptors (Lipinski definition) is 16. The molecule has 0 bridgehead atoms. The van der Waals surface area contributed by atoms with E-state index in [1.165, 1.54) is 34.4 Å². The maximum absolute atomic E-state index is 11.9. The number of nitrogens with two attached hydrogens (primary N) is 2. The summed E-state index contributed by atoms with van der Waals surface area (Å²) in [4.78, 5) is 65.0. The first-order chi connectivity index (χ1) is 20.2. The summed E-state index contributed by atoms with van der Waals surface area (Å²) in [6.07, 6.45) is -1.51. The average Bonchev–Trinajstić information content (AvgIpc) is 3.68. The van der Waals surface area contributed by atoms with Gasteiger partial charge in [0.1, 0.15) is 47.8 Å². The zero-order valence-corrected chi connectivity index (χ0v) is 23.6. The molecule has 0 saturated carbocycles. The van der Waals surface area contributed by atoms with Gasteiger partial charge in [-0.1, -0.05) is 0 Å². The number of fused-ring (bicyclic) bond motifs is 2. The van der Waals surface area contributed by atoms with Gasteiger partial charge in [0.15, 0.2) is 22.9 Å². The van der Waals surface area contributed by atoms with Crippen LogP contribution in [0.2, 0.25) is 0 Å². The molecule has 6 rings (SSSR count). The highest BCUT2D eigenvalue weighted by Gasteiger charge is 2.56. The van der Waals surface area contributed by atoms with Gasteiger partial charge in [-0.25, -0.2) is 34.5 Å². The number of aromatic nitrogens is 8. The van der Waals surface area contributed by atoms with Crippen molar-refractivity contribution in [2.75, 3.05) is 18.1 Å². The molecular formula is C20H25N10O11P2-. The fraction of sp³-hybridized carbons (Fsp3) is 0.500. The molecule has 2 aliphatic rings. The van der Waals surface area contributed by atoms with Gasteiger partial charge in [-0.2, -0.15) is 0 Å². The Morgan fingerprint density at radius 2 is 1.53 bits per heavy atom. The van der Waals surface area contributed by atoms with Crippen LogP contribution in [0.25, 0.3) is 22.3 Å². The van der Waals surface area contributed by atoms with E-state index in [9.17, 15) is 33.8 Å². The zero-order valence-electron chi connectivity index (χ0n) is 21.8. The fourth-order valence-corrected chi connectivity index (χ4v) is 6.38. The number of hydrogen-bond donors (Lipinski definition) is 6. The van der Waals surface area contributed by atoms with E-state index in [0.29, 0.717) is 11.2 Å². The van der Waals surface area contributed by atoms with Gasteiger partial charge < -0.3 is 50.1 Å². The molecule has 7 atom stereocenters. The minimum atomic E-state index is -5.45. The number of rotatable bonds is 9. The second kappa shape index (κ2) is 10.8. The van der Waals surface area contributed by atoms with E-state index in [-0.39, 0.29) is 35.6 Å². The molecule has 43 heavy (non-hydrogen) atoms. The molecule has 4 aromatic rings. The first-order valence-electron chi connectivity index (χ1n) is 12.5. The normalized spacial score (nSPS) is 29.5. The lowest BCUT2D eigenvalue weighted by Gasteiger charge is -2.37. The molecule has 8 N–H and O–H groups in total. The summed E-state index contributed by atoms with van der Waals surface area (Å²) in [6.45, 7) is -0.933. The van der Waals surface area contributed by atoms with Crippen molar-refractivity contribution in [1.82, 2.24) is 39.0 Å². The van der Waals surface area contributed by atoms with Gasteiger partial charge in [0, 0.05) is 19.3 Å². The number of aliphatic hydroxyl groups is 1. The number of anilines is 2. The van der Waals surface area contributed by atoms with Crippen LogP contribution in [-0.2, 0) is 27.7 Å². The molecule has 232 valence electrons. The Morgan fingerprint density at radius 1 is 0.953 bits per heavy atom. The van der Waals surface area contributed by atoms with Crippen LogP contribution in [0.4, 0.5) is 11.6 Å². The van der Waals surface area contributed by atoms with Crippen LogP contribution in [0, 0.1) is 0 Å². The third-order valence-corrected chi connectivity index (χ3v) is 8.24. The van der Waals surface area contributed by atoms with Gasteiger partial charge in [-0.15, -0.1) is 0 Å². The van der Waals surface area contributed by atoms with E-state index in [4.69, 9.17) is 30.0 Å². The van der Waals surface area contributed by atoms with Gasteiger partial charge >= 0.3 is 7.82 Å². The largest absolute Gasteiger partial charge is 0.756 e. The van der Waals surface area contributed by atoms with Crippen molar-refractivity contribution in [1.29, 1.82) is 0 Å². The monoisotopic (exact) mass is 643 g/mol. The van der Waals surface area contributed by atoms with Crippen LogP contribution in [-0.4, -0.2) is 89.3 Å². The number of aliphatic hydroxyl groups excluding tert-OH is 1. The Hall–Kier alpha value is -3.20. The standard InChI is InChI=1S/C20H26N10O11P2/c21-16-14-18(25-5-23-16)29(7-27-14)12-1-9(31)10(39-12)3-20(4-38-42(32,33)34)11(41-43(35,36)37)2-13(40-20)30-8-28-15-17(22)24-6-26-19(15)30/h5-13,31H,1-4H2,(H2,21,23,25)(H2,22,24,26)(H2,32,33,34)(H2,35,36,37)/p-1. The average molecular weight is 643 g/mol. The smallest absolute Gasteiger partial charge is 0.469 e. The second-order valence-electron chi connectivity index (χ2n) is 10.0. The molecule has 21 nitrogen and oxygen atoms in total. The van der Waals surface area contributed by atoms with Crippen LogP contribution in [0.5, 0.6) is 0 Å². The zero-order chi connectivity index (χ0) is 30.7. The maximum atomic E-state index is 11.9. The molecule has 2 fully saturated rings. The summed E-state index contributed by atoms with van der Waals surface area (Å²) >= 11 is 0. The van der Waals surface area contributed by atoms with Crippen molar-refractivity contribution in [2.45, 2.75) is 55.6 Å². The van der Waals surface area contributed by atoms with Crippen molar-refractivity contribution in [3.8, 4) is 0 Å². The van der Waals surface area contributed by atoms with E-state index in [2.05, 4.69) is 29.9 Å². The van der Waals surface area contributed by atoms with Crippen molar-refractivity contribution in [3.05, 3.63) is 25.3 Å². The molecule has 0 amide bonds. The van der Waals surface area contributed by atoms with Crippen LogP contribution in [0.3, 0.4) is 0 Å². The lowest BCUT2D eigenvalue weighted by molar-refractivity contribution is -0.232. The first-order valence-corrected chi connectivity index (χ1v) is 15.6. The Morgan fingerprint density at radius 3 is 2.09 bits per heavy atom. The molecule has 4 aromatic heterocycles. The third-order valence-electron chi connectivity index (χ3n) is 7.26. The number of nitrogens with zero attached hydrogens (tertiary/aromatic N) is 8. The van der Waals surface area contributed by atoms with Crippen molar-refractivity contribution in [3.63, 3.8) is 0 Å². The minimum absolute atomic E-state index is 0.00677. The van der Waals surface area contributed by atoms with Gasteiger partial charge in [-0.05, 0) is 0 Å². The van der Waals surface area contributed by atoms with Crippen LogP contribution in [0.1, 0.15) is 31.7 Å². The SMILES string of the molecule is Nc1ncnc2c1ncn2C1CC(O)C(CC2(COP(=O)(O)O)OC(n3cnc4c(N)ncnc43)CC2OP(=O)([O-])O)O1. The van der Waals surface area contributed by atoms with Gasteiger partial charge in [0.05, 0.1) is 31.5 Å². The van der Waals surface area contributed by atoms with Crippen LogP contribution >= 0.6 is 15.6 Å². The highest BCUT2D eigenvalue weighted by Crippen LogP contribution is 2.51. The molecule has 0 aliphatic carbocycles. The van der Waals surface area contributed by atoms with Gasteiger partial charge in [0.25, 0.3) is 7.82 Å². The number of phosphoric acid groups is 2. The number of nitrogen functional groups attached to an aromatic ring is 2. The third kappa shape index (κ3) is 5.85. The molecule has 2 saturated heterocycles. The molecular weight excluding hydrogens is 618 g/mol. The number of phosphoric ester groups is 2. The highest BCUT2D eigenvalue weighted by molar-refractivity contribution is 7.46. The quantitative estimate of drug-likeness (QED) is 0.113. The highest BCUT2D eigenvalue weighted by atomic mass is 31.2. The maximum Gasteiger partial charge on any atom is 0.469 e. The fourth-order valence-electron chi connectivity index (χ4n) is 5.39. The summed E-state index contributed by atoms with van der Waals surface area (Å²) in [5.74, 6) is 0.181. The molecule has 0 radical (unpaired) electrons. The Bertz CT molecular complexity index is 1760. The topological polar surface area (TPSA) is 314 Å². The summed E-state index contributed by atoms with van der Waals surface area (Å²) in [6, 6.07) is 0. The molecule has 0 spiro atoms. The Labute approximate surface area is 240 Å². The second-order valence-corrected chi connectivity index (χ2v) is 12.4. The minimum Gasteiger partial charge on any atom is -0.756 e. The Balaban J connectivity index is 1.35. The molecule has 0 aromatic carbocycles. The van der Waals surface area contributed by atoms with Crippen LogP contribution in [0.15, 0.2) is 25.3 Å². The van der Waals surface area contributed by atoms with Gasteiger partial charge in [-0.3, -0.25) is 18.2 Å². The summed E-state index contributed by atoms with van der Waals surface area (Å²) < 4.78 is 48.7. The predicted octanol–water partition coefficient (Wildman–Crippen LogP) is -1.52. The molecule has 23 heteroatoms. The van der Waals surface area contributed by atoms with Crippen molar-refractivity contribution < 1.29 is 52.3 Å². The van der Waals surface area contributed by atoms with E-state index >= 15 is 0 Å². The van der Waals surface area contributed by atoms with E-state index < -0.39 is 65.0 Å². The molecule has 6 heterocycles. The molecule has 2 aliphatic heterocycles. The number of imidazole rings is 2. The lowest BCUT2D eigenvalue weighted by atomic mass is 9.89. The summed E-state index contributed by atoms with van der Waals surface area (Å²) in [7, 11) is -10.6. The van der Waals surface area contributed by atoms with Crippen molar-refractivity contribution >= 4 is 49.6 Å². The lowest BCUT2D eigenvalue weighted by Crippen LogP contribution is -2.49. The molecule has 7 unspecified atom stereocenters. The summed E-state index contributed by atoms with van der Waals surface area (Å²) in [5.41, 5.74) is 10.7. The predicted molar refractivity (Wildman–Crippen MR) is 139 cm³/mol. The van der Waals surface area contributed by atoms with E-state index in [0.717, 1.165) is 0 Å². The first kappa shape index (κ1) is 29.9. The van der Waals surface area contributed by atoms with E-state index in [1.807, 2.05) is 0 Å². The Kier molecular flexibility index (Phi) is 7.47. The van der Waals surface area contributed by atoms with Crippen LogP contribution < -0.4 is 16.4 Å². The van der Waals surface area contributed by atoms with E-state index in [1.54, 1.807) is 0 Å². The van der Waals surface area contributed by atoms with Crippen molar-refractivity contribution in [2.24, 2.45) is 0 Å². The van der Waals surface area contributed by atoms with Gasteiger partial charge in [0.2, 0.25) is 0 Å².